The van der Waals surface area contributed by atoms with Crippen molar-refractivity contribution in [3.05, 3.63) is 11.8 Å². The zero-order valence-electron chi connectivity index (χ0n) is 11.1. The number of nitrogens with zero attached hydrogens (tertiary/aromatic N) is 2. The molecule has 1 aromatic heterocycles. The summed E-state index contributed by atoms with van der Waals surface area (Å²) < 4.78 is 26.6. The van der Waals surface area contributed by atoms with E-state index < -0.39 is 10.0 Å². The van der Waals surface area contributed by atoms with Crippen molar-refractivity contribution < 1.29 is 8.42 Å². The fourth-order valence-corrected chi connectivity index (χ4v) is 4.64. The minimum absolute atomic E-state index is 0.239. The summed E-state index contributed by atoms with van der Waals surface area (Å²) in [6.45, 7) is 4.62. The van der Waals surface area contributed by atoms with Gasteiger partial charge in [0.1, 0.15) is 0 Å². The van der Waals surface area contributed by atoms with Gasteiger partial charge in [-0.2, -0.15) is 21.2 Å². The summed E-state index contributed by atoms with van der Waals surface area (Å²) in [5.74, 6) is 1.72. The quantitative estimate of drug-likeness (QED) is 0.754. The number of H-pyrrole nitrogens is 1. The first kappa shape index (κ1) is 14.8. The van der Waals surface area contributed by atoms with E-state index in [4.69, 9.17) is 0 Å². The van der Waals surface area contributed by atoms with Gasteiger partial charge in [-0.15, -0.1) is 0 Å². The fraction of sp³-hybridized carbons (Fsp3) is 0.727. The summed E-state index contributed by atoms with van der Waals surface area (Å²) in [5.41, 5.74) is 0.715. The summed E-state index contributed by atoms with van der Waals surface area (Å²) in [5, 5.41) is 9.97. The summed E-state index contributed by atoms with van der Waals surface area (Å²) in [7, 11) is -3.42. The molecule has 0 aliphatic carbocycles. The predicted octanol–water partition coefficient (Wildman–Crippen LogP) is 0.647. The Hall–Kier alpha value is -0.570. The van der Waals surface area contributed by atoms with Crippen LogP contribution in [0.4, 0.5) is 0 Å². The highest BCUT2D eigenvalue weighted by Crippen LogP contribution is 2.21. The van der Waals surface area contributed by atoms with E-state index in [1.54, 1.807) is 22.3 Å². The molecule has 0 unspecified atom stereocenters. The number of thioether (sulfide) groups is 1. The van der Waals surface area contributed by atoms with Crippen LogP contribution in [-0.2, 0) is 16.6 Å². The molecular weight excluding hydrogens is 284 g/mol. The van der Waals surface area contributed by atoms with Crippen molar-refractivity contribution in [1.29, 1.82) is 0 Å². The molecule has 0 bridgehead atoms. The molecule has 1 aromatic rings. The average molecular weight is 304 g/mol. The lowest BCUT2D eigenvalue weighted by Crippen LogP contribution is -2.38. The second-order valence-electron chi connectivity index (χ2n) is 4.42. The predicted molar refractivity (Wildman–Crippen MR) is 76.7 cm³/mol. The maximum absolute atomic E-state index is 12.5. The second kappa shape index (κ2) is 6.74. The van der Waals surface area contributed by atoms with E-state index in [2.05, 4.69) is 22.4 Å². The number of rotatable bonds is 6. The zero-order chi connectivity index (χ0) is 13.7. The standard InChI is InChI=1S/C11H20N4O2S2/c1-2-3-12-8-10-9-13-14-11(10)19(16,17)15-4-6-18-7-5-15/h9,12H,2-8H2,1H3,(H,13,14). The summed E-state index contributed by atoms with van der Waals surface area (Å²) in [6, 6.07) is 0. The molecule has 0 radical (unpaired) electrons. The lowest BCUT2D eigenvalue weighted by molar-refractivity contribution is 0.440. The molecule has 0 saturated carbocycles. The lowest BCUT2D eigenvalue weighted by atomic mass is 10.3. The molecule has 8 heteroatoms. The summed E-state index contributed by atoms with van der Waals surface area (Å²) in [6.07, 6.45) is 2.61. The fourth-order valence-electron chi connectivity index (χ4n) is 1.96. The Balaban J connectivity index is 2.13. The highest BCUT2D eigenvalue weighted by Gasteiger charge is 2.29. The highest BCUT2D eigenvalue weighted by molar-refractivity contribution is 7.99. The van der Waals surface area contributed by atoms with Gasteiger partial charge in [-0.05, 0) is 13.0 Å². The number of sulfonamides is 1. The Morgan fingerprint density at radius 1 is 1.47 bits per heavy atom. The largest absolute Gasteiger partial charge is 0.313 e. The Labute approximate surface area is 118 Å². The minimum Gasteiger partial charge on any atom is -0.313 e. The lowest BCUT2D eigenvalue weighted by Gasteiger charge is -2.25. The van der Waals surface area contributed by atoms with Crippen molar-refractivity contribution >= 4 is 21.8 Å². The van der Waals surface area contributed by atoms with Crippen LogP contribution in [-0.4, -0.2) is 54.1 Å². The molecule has 0 atom stereocenters. The van der Waals surface area contributed by atoms with Gasteiger partial charge in [0.25, 0.3) is 10.0 Å². The number of nitrogens with one attached hydrogen (secondary N) is 2. The second-order valence-corrected chi connectivity index (χ2v) is 7.52. The smallest absolute Gasteiger partial charge is 0.260 e. The first-order valence-electron chi connectivity index (χ1n) is 6.47. The van der Waals surface area contributed by atoms with Gasteiger partial charge < -0.3 is 5.32 Å². The van der Waals surface area contributed by atoms with Gasteiger partial charge in [0.15, 0.2) is 5.03 Å². The number of hydrogen-bond acceptors (Lipinski definition) is 5. The van der Waals surface area contributed by atoms with E-state index in [9.17, 15) is 8.42 Å². The first-order valence-corrected chi connectivity index (χ1v) is 9.06. The molecule has 2 N–H and O–H groups in total. The van der Waals surface area contributed by atoms with Crippen LogP contribution in [0, 0.1) is 0 Å². The van der Waals surface area contributed by atoms with E-state index in [-0.39, 0.29) is 5.03 Å². The Morgan fingerprint density at radius 2 is 2.21 bits per heavy atom. The third kappa shape index (κ3) is 3.50. The molecule has 1 aliphatic heterocycles. The van der Waals surface area contributed by atoms with Crippen LogP contribution in [0.15, 0.2) is 11.2 Å². The van der Waals surface area contributed by atoms with E-state index in [0.29, 0.717) is 25.2 Å². The molecule has 2 heterocycles. The highest BCUT2D eigenvalue weighted by atomic mass is 32.2. The van der Waals surface area contributed by atoms with Gasteiger partial charge in [0.2, 0.25) is 0 Å². The van der Waals surface area contributed by atoms with Crippen molar-refractivity contribution in [3.8, 4) is 0 Å². The van der Waals surface area contributed by atoms with Gasteiger partial charge in [0.05, 0.1) is 6.20 Å². The maximum Gasteiger partial charge on any atom is 0.260 e. The molecule has 1 aliphatic rings. The van der Waals surface area contributed by atoms with E-state index in [0.717, 1.165) is 24.5 Å². The Bertz CT molecular complexity index is 495. The van der Waals surface area contributed by atoms with Gasteiger partial charge in [-0.25, -0.2) is 8.42 Å². The molecular formula is C11H20N4O2S2. The van der Waals surface area contributed by atoms with Gasteiger partial charge in [0, 0.05) is 36.7 Å². The van der Waals surface area contributed by atoms with Gasteiger partial charge in [-0.3, -0.25) is 5.10 Å². The van der Waals surface area contributed by atoms with Crippen molar-refractivity contribution in [2.75, 3.05) is 31.1 Å². The van der Waals surface area contributed by atoms with Crippen LogP contribution >= 0.6 is 11.8 Å². The zero-order valence-corrected chi connectivity index (χ0v) is 12.7. The van der Waals surface area contributed by atoms with Gasteiger partial charge >= 0.3 is 0 Å². The monoisotopic (exact) mass is 304 g/mol. The average Bonchev–Trinajstić information content (AvgIpc) is 2.89. The topological polar surface area (TPSA) is 78.1 Å². The molecule has 19 heavy (non-hydrogen) atoms. The normalized spacial score (nSPS) is 17.7. The van der Waals surface area contributed by atoms with Crippen molar-refractivity contribution in [2.45, 2.75) is 24.9 Å². The van der Waals surface area contributed by atoms with E-state index in [1.807, 2.05) is 0 Å². The van der Waals surface area contributed by atoms with Crippen molar-refractivity contribution in [2.24, 2.45) is 0 Å². The number of aromatic amines is 1. The minimum atomic E-state index is -3.42. The summed E-state index contributed by atoms with van der Waals surface area (Å²) in [4.78, 5) is 0. The SMILES string of the molecule is CCCNCc1cn[nH]c1S(=O)(=O)N1CCSCC1. The van der Waals surface area contributed by atoms with E-state index >= 15 is 0 Å². The molecule has 2 rings (SSSR count). The van der Waals surface area contributed by atoms with Crippen LogP contribution in [0.3, 0.4) is 0 Å². The molecule has 108 valence electrons. The third-order valence-electron chi connectivity index (χ3n) is 2.99. The number of aromatic nitrogens is 2. The van der Waals surface area contributed by atoms with Crippen molar-refractivity contribution in [3.63, 3.8) is 0 Å². The first-order chi connectivity index (χ1) is 9.16. The molecule has 0 aromatic carbocycles. The number of hydrogen-bond donors (Lipinski definition) is 2. The van der Waals surface area contributed by atoms with E-state index in [1.165, 1.54) is 0 Å². The summed E-state index contributed by atoms with van der Waals surface area (Å²) >= 11 is 1.79. The van der Waals surface area contributed by atoms with Crippen LogP contribution in [0.2, 0.25) is 0 Å². The van der Waals surface area contributed by atoms with Gasteiger partial charge in [-0.1, -0.05) is 6.92 Å². The van der Waals surface area contributed by atoms with Crippen LogP contribution in [0.1, 0.15) is 18.9 Å². The maximum atomic E-state index is 12.5. The van der Waals surface area contributed by atoms with Crippen LogP contribution < -0.4 is 5.32 Å². The Kier molecular flexibility index (Phi) is 5.26. The molecule has 6 nitrogen and oxygen atoms in total. The molecule has 0 spiro atoms. The molecule has 1 saturated heterocycles. The van der Waals surface area contributed by atoms with Crippen LogP contribution in [0.5, 0.6) is 0 Å². The molecule has 0 amide bonds. The molecule has 1 fully saturated rings. The van der Waals surface area contributed by atoms with Crippen LogP contribution in [0.25, 0.3) is 0 Å². The third-order valence-corrected chi connectivity index (χ3v) is 5.85. The van der Waals surface area contributed by atoms with Crippen molar-refractivity contribution in [1.82, 2.24) is 19.8 Å². The Morgan fingerprint density at radius 3 is 2.89 bits per heavy atom.